The Bertz CT molecular complexity index is 894. The first-order chi connectivity index (χ1) is 10.6. The van der Waals surface area contributed by atoms with Crippen LogP contribution in [0.5, 0.6) is 5.75 Å². The highest BCUT2D eigenvalue weighted by atomic mass is 16.5. The molecule has 1 amide bonds. The molecule has 3 rings (SSSR count). The van der Waals surface area contributed by atoms with E-state index in [1.165, 1.54) is 11.0 Å². The van der Waals surface area contributed by atoms with Gasteiger partial charge in [-0.1, -0.05) is 0 Å². The molecular weight excluding hydrogens is 284 g/mol. The number of carbonyl (C=O) groups excluding carboxylic acids is 1. The van der Waals surface area contributed by atoms with E-state index in [9.17, 15) is 4.79 Å². The third kappa shape index (κ3) is 2.41. The molecular formula is C14H14N6O2. The first-order valence-corrected chi connectivity index (χ1v) is 6.49. The average Bonchev–Trinajstić information content (AvgIpc) is 2.91. The van der Waals surface area contributed by atoms with Crippen molar-refractivity contribution >= 4 is 16.9 Å². The van der Waals surface area contributed by atoms with Gasteiger partial charge in [-0.25, -0.2) is 9.66 Å². The van der Waals surface area contributed by atoms with Gasteiger partial charge in [0.25, 0.3) is 5.91 Å². The number of hydrogen-bond acceptors (Lipinski definition) is 5. The first kappa shape index (κ1) is 13.8. The van der Waals surface area contributed by atoms with Crippen LogP contribution in [-0.2, 0) is 7.05 Å². The van der Waals surface area contributed by atoms with Crippen LogP contribution in [0.25, 0.3) is 11.0 Å². The molecule has 0 saturated carbocycles. The van der Waals surface area contributed by atoms with E-state index in [1.54, 1.807) is 49.3 Å². The number of benzene rings is 1. The second kappa shape index (κ2) is 5.32. The van der Waals surface area contributed by atoms with Gasteiger partial charge in [0.15, 0.2) is 11.1 Å². The summed E-state index contributed by atoms with van der Waals surface area (Å²) in [5.74, 6) is 0.329. The fourth-order valence-corrected chi connectivity index (χ4v) is 2.04. The zero-order valence-corrected chi connectivity index (χ0v) is 12.1. The Hall–Kier alpha value is -3.16. The van der Waals surface area contributed by atoms with Crippen LogP contribution >= 0.6 is 0 Å². The fraction of sp³-hybridized carbons (Fsp3) is 0.143. The number of fused-ring (bicyclic) bond motifs is 1. The number of amides is 1. The molecule has 2 heterocycles. The third-order valence-electron chi connectivity index (χ3n) is 3.18. The Labute approximate surface area is 125 Å². The molecule has 0 unspecified atom stereocenters. The summed E-state index contributed by atoms with van der Waals surface area (Å²) in [5.41, 5.74) is 3.64. The van der Waals surface area contributed by atoms with Crippen LogP contribution in [-0.4, -0.2) is 32.5 Å². The quantitative estimate of drug-likeness (QED) is 0.741. The number of carbonyl (C=O) groups is 1. The van der Waals surface area contributed by atoms with E-state index in [4.69, 9.17) is 10.1 Å². The van der Waals surface area contributed by atoms with E-state index >= 15 is 0 Å². The van der Waals surface area contributed by atoms with Crippen molar-refractivity contribution in [3.05, 3.63) is 47.8 Å². The van der Waals surface area contributed by atoms with Gasteiger partial charge in [-0.15, -0.1) is 0 Å². The first-order valence-electron chi connectivity index (χ1n) is 6.49. The molecule has 0 aliphatic carbocycles. The van der Waals surface area contributed by atoms with Crippen LogP contribution in [0.2, 0.25) is 0 Å². The lowest BCUT2D eigenvalue weighted by Crippen LogP contribution is -2.33. The summed E-state index contributed by atoms with van der Waals surface area (Å²) in [4.78, 5) is 16.3. The van der Waals surface area contributed by atoms with Gasteiger partial charge in [0.2, 0.25) is 0 Å². The van der Waals surface area contributed by atoms with Crippen molar-refractivity contribution in [2.45, 2.75) is 0 Å². The number of ether oxygens (including phenoxy) is 1. The average molecular weight is 298 g/mol. The normalized spacial score (nSPS) is 10.6. The molecule has 0 saturated heterocycles. The van der Waals surface area contributed by atoms with Gasteiger partial charge in [0, 0.05) is 18.8 Å². The number of aromatic nitrogens is 4. The van der Waals surface area contributed by atoms with Crippen molar-refractivity contribution in [1.82, 2.24) is 19.4 Å². The number of nitrogens with one attached hydrogen (secondary N) is 2. The van der Waals surface area contributed by atoms with E-state index in [0.717, 1.165) is 0 Å². The Morgan fingerprint density at radius 3 is 2.73 bits per heavy atom. The van der Waals surface area contributed by atoms with Crippen molar-refractivity contribution in [3.63, 3.8) is 0 Å². The maximum Gasteiger partial charge on any atom is 0.270 e. The molecule has 0 bridgehead atoms. The zero-order chi connectivity index (χ0) is 15.7. The molecule has 1 aromatic carbocycles. The topological polar surface area (TPSA) is 97.8 Å². The lowest BCUT2D eigenvalue weighted by molar-refractivity contribution is 0.101. The molecule has 0 aliphatic rings. The van der Waals surface area contributed by atoms with Crippen LogP contribution in [0.15, 0.2) is 36.8 Å². The van der Waals surface area contributed by atoms with E-state index in [-0.39, 0.29) is 11.4 Å². The van der Waals surface area contributed by atoms with E-state index in [1.807, 2.05) is 0 Å². The molecule has 0 fully saturated rings. The minimum atomic E-state index is -0.341. The van der Waals surface area contributed by atoms with Gasteiger partial charge in [0.05, 0.1) is 12.5 Å². The predicted molar refractivity (Wildman–Crippen MR) is 79.0 cm³/mol. The molecule has 2 N–H and O–H groups in total. The van der Waals surface area contributed by atoms with Crippen LogP contribution in [0, 0.1) is 5.41 Å². The summed E-state index contributed by atoms with van der Waals surface area (Å²) < 4.78 is 7.89. The van der Waals surface area contributed by atoms with Crippen LogP contribution in [0.1, 0.15) is 10.4 Å². The second-order valence-electron chi connectivity index (χ2n) is 4.67. The number of aryl methyl sites for hydroxylation is 1. The smallest absolute Gasteiger partial charge is 0.270 e. The molecule has 0 atom stereocenters. The summed E-state index contributed by atoms with van der Waals surface area (Å²) in [6.07, 6.45) is 3.04. The SMILES string of the molecule is COc1ccc(C(=O)Nn2cnc3nn(C)cc3c2=N)cc1. The number of hydrogen-bond donors (Lipinski definition) is 2. The molecule has 0 spiro atoms. The maximum absolute atomic E-state index is 12.2. The molecule has 3 aromatic rings. The maximum atomic E-state index is 12.2. The summed E-state index contributed by atoms with van der Waals surface area (Å²) in [5, 5.41) is 12.8. The van der Waals surface area contributed by atoms with Crippen molar-refractivity contribution in [2.24, 2.45) is 7.05 Å². The molecule has 0 radical (unpaired) electrons. The monoisotopic (exact) mass is 298 g/mol. The fourth-order valence-electron chi connectivity index (χ4n) is 2.04. The van der Waals surface area contributed by atoms with E-state index in [2.05, 4.69) is 15.5 Å². The standard InChI is InChI=1S/C14H14N6O2/c1-19-7-11-12(15)20(8-16-13(11)17-19)18-14(21)9-3-5-10(22-2)6-4-9/h3-8,15H,1-2H3,(H,18,21). The van der Waals surface area contributed by atoms with Crippen molar-refractivity contribution in [2.75, 3.05) is 12.5 Å². The highest BCUT2D eigenvalue weighted by Gasteiger charge is 2.09. The summed E-state index contributed by atoms with van der Waals surface area (Å²) >= 11 is 0. The lowest BCUT2D eigenvalue weighted by Gasteiger charge is -2.09. The van der Waals surface area contributed by atoms with Crippen molar-refractivity contribution < 1.29 is 9.53 Å². The Morgan fingerprint density at radius 2 is 2.05 bits per heavy atom. The predicted octanol–water partition coefficient (Wildman–Crippen LogP) is 0.642. The molecule has 2 aromatic heterocycles. The Kier molecular flexibility index (Phi) is 3.34. The minimum Gasteiger partial charge on any atom is -0.497 e. The van der Waals surface area contributed by atoms with Gasteiger partial charge in [0.1, 0.15) is 12.1 Å². The van der Waals surface area contributed by atoms with Gasteiger partial charge in [-0.05, 0) is 24.3 Å². The number of methoxy groups -OCH3 is 1. The largest absolute Gasteiger partial charge is 0.497 e. The highest BCUT2D eigenvalue weighted by Crippen LogP contribution is 2.11. The van der Waals surface area contributed by atoms with Gasteiger partial charge >= 0.3 is 0 Å². The van der Waals surface area contributed by atoms with Gasteiger partial charge in [-0.3, -0.25) is 20.3 Å². The lowest BCUT2D eigenvalue weighted by atomic mass is 10.2. The summed E-state index contributed by atoms with van der Waals surface area (Å²) in [7, 11) is 3.31. The molecule has 0 aliphatic heterocycles. The zero-order valence-electron chi connectivity index (χ0n) is 12.1. The van der Waals surface area contributed by atoms with Crippen LogP contribution in [0.4, 0.5) is 0 Å². The van der Waals surface area contributed by atoms with Crippen molar-refractivity contribution in [1.29, 1.82) is 5.41 Å². The second-order valence-corrected chi connectivity index (χ2v) is 4.67. The summed E-state index contributed by atoms with van der Waals surface area (Å²) in [6.45, 7) is 0. The third-order valence-corrected chi connectivity index (χ3v) is 3.18. The van der Waals surface area contributed by atoms with E-state index in [0.29, 0.717) is 22.3 Å². The van der Waals surface area contributed by atoms with Gasteiger partial charge in [-0.2, -0.15) is 5.10 Å². The van der Waals surface area contributed by atoms with Gasteiger partial charge < -0.3 is 4.74 Å². The highest BCUT2D eigenvalue weighted by molar-refractivity contribution is 6.00. The molecule has 112 valence electrons. The van der Waals surface area contributed by atoms with Crippen LogP contribution < -0.4 is 15.7 Å². The molecule has 8 heteroatoms. The molecule has 22 heavy (non-hydrogen) atoms. The van der Waals surface area contributed by atoms with Crippen LogP contribution in [0.3, 0.4) is 0 Å². The Balaban J connectivity index is 1.90. The molecule has 8 nitrogen and oxygen atoms in total. The Morgan fingerprint density at radius 1 is 1.32 bits per heavy atom. The van der Waals surface area contributed by atoms with E-state index < -0.39 is 0 Å². The number of rotatable bonds is 3. The minimum absolute atomic E-state index is 0.111. The van der Waals surface area contributed by atoms with Crippen molar-refractivity contribution in [3.8, 4) is 5.75 Å². The summed E-state index contributed by atoms with van der Waals surface area (Å²) in [6, 6.07) is 6.69. The number of nitrogens with zero attached hydrogens (tertiary/aromatic N) is 4.